The Hall–Kier alpha value is -1.44. The molecule has 2 N–H and O–H groups in total. The molecule has 0 radical (unpaired) electrons. The third kappa shape index (κ3) is 4.06. The van der Waals surface area contributed by atoms with E-state index in [1.807, 2.05) is 32.9 Å². The van der Waals surface area contributed by atoms with Crippen molar-refractivity contribution in [3.8, 4) is 0 Å². The fraction of sp³-hybridized carbons (Fsp3) is 0.533. The molecule has 6 nitrogen and oxygen atoms in total. The molecule has 1 amide bonds. The number of hydrogen-bond acceptors (Lipinski definition) is 3. The number of hydrogen-bond donors (Lipinski definition) is 2. The number of carbonyl (C=O) groups excluding carboxylic acids is 1. The van der Waals surface area contributed by atoms with Crippen molar-refractivity contribution in [3.05, 3.63) is 28.8 Å². The summed E-state index contributed by atoms with van der Waals surface area (Å²) in [6.45, 7) is 6.62. The Balaban J connectivity index is 1.96. The van der Waals surface area contributed by atoms with Gasteiger partial charge in [-0.15, -0.1) is 0 Å². The fourth-order valence-electron chi connectivity index (χ4n) is 2.74. The van der Waals surface area contributed by atoms with E-state index in [2.05, 4.69) is 10.0 Å². The molecule has 1 aromatic rings. The van der Waals surface area contributed by atoms with Crippen molar-refractivity contribution in [1.82, 2.24) is 9.03 Å². The number of anilines is 1. The molecule has 0 saturated carbocycles. The number of nitrogens with zero attached hydrogens (tertiary/aromatic N) is 1. The second-order valence-electron chi connectivity index (χ2n) is 5.75. The van der Waals surface area contributed by atoms with Crippen molar-refractivity contribution < 1.29 is 13.2 Å². The Morgan fingerprint density at radius 1 is 1.14 bits per heavy atom. The van der Waals surface area contributed by atoms with Crippen LogP contribution in [0.1, 0.15) is 29.5 Å². The number of rotatable bonds is 5. The van der Waals surface area contributed by atoms with Gasteiger partial charge < -0.3 is 5.32 Å². The predicted molar refractivity (Wildman–Crippen MR) is 87.0 cm³/mol. The highest BCUT2D eigenvalue weighted by Crippen LogP contribution is 2.21. The molecule has 0 aliphatic carbocycles. The number of aryl methyl sites for hydroxylation is 3. The van der Waals surface area contributed by atoms with E-state index in [-0.39, 0.29) is 12.5 Å². The SMILES string of the molecule is Cc1cc(C)c(NC(=O)CNS(=O)(=O)N2CCCC2)c(C)c1. The summed E-state index contributed by atoms with van der Waals surface area (Å²) in [5, 5.41) is 2.78. The van der Waals surface area contributed by atoms with Crippen LogP contribution in [0.15, 0.2) is 12.1 Å². The van der Waals surface area contributed by atoms with Gasteiger partial charge in [0, 0.05) is 18.8 Å². The average molecular weight is 325 g/mol. The minimum Gasteiger partial charge on any atom is -0.324 e. The van der Waals surface area contributed by atoms with Gasteiger partial charge in [0.1, 0.15) is 0 Å². The zero-order valence-electron chi connectivity index (χ0n) is 13.3. The summed E-state index contributed by atoms with van der Waals surface area (Å²) < 4.78 is 27.7. The first-order chi connectivity index (χ1) is 10.3. The van der Waals surface area contributed by atoms with E-state index >= 15 is 0 Å². The van der Waals surface area contributed by atoms with Crippen molar-refractivity contribution in [3.63, 3.8) is 0 Å². The number of carbonyl (C=O) groups is 1. The van der Waals surface area contributed by atoms with Gasteiger partial charge in [0.15, 0.2) is 0 Å². The van der Waals surface area contributed by atoms with E-state index < -0.39 is 10.2 Å². The van der Waals surface area contributed by atoms with Crippen LogP contribution in [0.25, 0.3) is 0 Å². The topological polar surface area (TPSA) is 78.5 Å². The van der Waals surface area contributed by atoms with Gasteiger partial charge in [0.2, 0.25) is 5.91 Å². The van der Waals surface area contributed by atoms with Crippen LogP contribution in [0.4, 0.5) is 5.69 Å². The summed E-state index contributed by atoms with van der Waals surface area (Å²) in [4.78, 5) is 12.0. The maximum Gasteiger partial charge on any atom is 0.279 e. The van der Waals surface area contributed by atoms with Crippen LogP contribution in [0.3, 0.4) is 0 Å². The van der Waals surface area contributed by atoms with Crippen LogP contribution in [-0.4, -0.2) is 38.3 Å². The first-order valence-electron chi connectivity index (χ1n) is 7.42. The molecule has 0 spiro atoms. The molecule has 122 valence electrons. The summed E-state index contributed by atoms with van der Waals surface area (Å²) in [5.74, 6) is -0.363. The van der Waals surface area contributed by atoms with Crippen LogP contribution in [0.2, 0.25) is 0 Å². The van der Waals surface area contributed by atoms with E-state index in [1.165, 1.54) is 4.31 Å². The quantitative estimate of drug-likeness (QED) is 0.861. The van der Waals surface area contributed by atoms with Crippen LogP contribution < -0.4 is 10.0 Å². The average Bonchev–Trinajstić information content (AvgIpc) is 2.95. The normalized spacial score (nSPS) is 16.0. The number of nitrogens with one attached hydrogen (secondary N) is 2. The molecule has 1 saturated heterocycles. The first kappa shape index (κ1) is 16.9. The Morgan fingerprint density at radius 3 is 2.23 bits per heavy atom. The van der Waals surface area contributed by atoms with Crippen LogP contribution in [-0.2, 0) is 15.0 Å². The summed E-state index contributed by atoms with van der Waals surface area (Å²) >= 11 is 0. The van der Waals surface area contributed by atoms with E-state index in [1.54, 1.807) is 0 Å². The standard InChI is InChI=1S/C15H23N3O3S/c1-11-8-12(2)15(13(3)9-11)17-14(19)10-16-22(20,21)18-6-4-5-7-18/h8-9,16H,4-7,10H2,1-3H3,(H,17,19). The lowest BCUT2D eigenvalue weighted by Crippen LogP contribution is -2.42. The molecule has 0 atom stereocenters. The van der Waals surface area contributed by atoms with Crippen molar-refractivity contribution in [2.24, 2.45) is 0 Å². The molecule has 1 heterocycles. The van der Waals surface area contributed by atoms with Crippen LogP contribution in [0, 0.1) is 20.8 Å². The number of amides is 1. The van der Waals surface area contributed by atoms with Gasteiger partial charge in [0.05, 0.1) is 6.54 Å². The maximum absolute atomic E-state index is 12.0. The van der Waals surface area contributed by atoms with E-state index in [0.717, 1.165) is 35.2 Å². The Bertz CT molecular complexity index is 642. The molecule has 1 aliphatic heterocycles. The van der Waals surface area contributed by atoms with E-state index in [9.17, 15) is 13.2 Å². The van der Waals surface area contributed by atoms with Gasteiger partial charge in [-0.25, -0.2) is 0 Å². The monoisotopic (exact) mass is 325 g/mol. The molecule has 7 heteroatoms. The van der Waals surface area contributed by atoms with Gasteiger partial charge in [-0.2, -0.15) is 17.4 Å². The van der Waals surface area contributed by atoms with Crippen LogP contribution in [0.5, 0.6) is 0 Å². The smallest absolute Gasteiger partial charge is 0.279 e. The van der Waals surface area contributed by atoms with Crippen molar-refractivity contribution in [1.29, 1.82) is 0 Å². The third-order valence-electron chi connectivity index (χ3n) is 3.76. The molecular weight excluding hydrogens is 302 g/mol. The Morgan fingerprint density at radius 2 is 1.68 bits per heavy atom. The summed E-state index contributed by atoms with van der Waals surface area (Å²) in [5.41, 5.74) is 3.81. The zero-order valence-corrected chi connectivity index (χ0v) is 14.1. The summed E-state index contributed by atoms with van der Waals surface area (Å²) in [7, 11) is -3.55. The van der Waals surface area contributed by atoms with E-state index in [0.29, 0.717) is 13.1 Å². The number of benzene rings is 1. The van der Waals surface area contributed by atoms with Gasteiger partial charge in [-0.1, -0.05) is 17.7 Å². The minimum absolute atomic E-state index is 0.258. The highest BCUT2D eigenvalue weighted by molar-refractivity contribution is 7.87. The zero-order chi connectivity index (χ0) is 16.3. The fourth-order valence-corrected chi connectivity index (χ4v) is 3.97. The van der Waals surface area contributed by atoms with Crippen molar-refractivity contribution in [2.75, 3.05) is 25.0 Å². The Labute approximate surface area is 132 Å². The van der Waals surface area contributed by atoms with Crippen LogP contribution >= 0.6 is 0 Å². The molecule has 1 aliphatic rings. The summed E-state index contributed by atoms with van der Waals surface area (Å²) in [6.07, 6.45) is 1.74. The molecule has 0 bridgehead atoms. The molecule has 1 aromatic carbocycles. The molecular formula is C15H23N3O3S. The van der Waals surface area contributed by atoms with Gasteiger partial charge >= 0.3 is 0 Å². The second kappa shape index (κ2) is 6.76. The van der Waals surface area contributed by atoms with E-state index in [4.69, 9.17) is 0 Å². The molecule has 1 fully saturated rings. The minimum atomic E-state index is -3.55. The lowest BCUT2D eigenvalue weighted by molar-refractivity contribution is -0.115. The predicted octanol–water partition coefficient (Wildman–Crippen LogP) is 1.48. The lowest BCUT2D eigenvalue weighted by atomic mass is 10.1. The summed E-state index contributed by atoms with van der Waals surface area (Å²) in [6, 6.07) is 3.97. The van der Waals surface area contributed by atoms with Gasteiger partial charge in [-0.05, 0) is 44.7 Å². The van der Waals surface area contributed by atoms with Crippen molar-refractivity contribution in [2.45, 2.75) is 33.6 Å². The first-order valence-corrected chi connectivity index (χ1v) is 8.86. The molecule has 22 heavy (non-hydrogen) atoms. The lowest BCUT2D eigenvalue weighted by Gasteiger charge is -2.17. The van der Waals surface area contributed by atoms with Gasteiger partial charge in [-0.3, -0.25) is 4.79 Å². The highest BCUT2D eigenvalue weighted by atomic mass is 32.2. The third-order valence-corrected chi connectivity index (χ3v) is 5.32. The van der Waals surface area contributed by atoms with Crippen molar-refractivity contribution >= 4 is 21.8 Å². The Kier molecular flexibility index (Phi) is 5.20. The molecule has 0 unspecified atom stereocenters. The largest absolute Gasteiger partial charge is 0.324 e. The highest BCUT2D eigenvalue weighted by Gasteiger charge is 2.25. The second-order valence-corrected chi connectivity index (χ2v) is 7.51. The molecule has 0 aromatic heterocycles. The van der Waals surface area contributed by atoms with Gasteiger partial charge in [0.25, 0.3) is 10.2 Å². The maximum atomic E-state index is 12.0. The molecule has 2 rings (SSSR count).